The minimum atomic E-state index is -1.08. The van der Waals surface area contributed by atoms with Gasteiger partial charge in [0.25, 0.3) is 5.56 Å². The van der Waals surface area contributed by atoms with Gasteiger partial charge in [-0.15, -0.1) is 0 Å². The Kier molecular flexibility index (Phi) is 5.23. The minimum Gasteiger partial charge on any atom is -0.497 e. The summed E-state index contributed by atoms with van der Waals surface area (Å²) in [6, 6.07) is 5.96. The SMILES string of the molecule is COc1ccc(F)c(CNn2ccc(C)c(C(C)C(=O)O)c2=O)c1. The summed E-state index contributed by atoms with van der Waals surface area (Å²) in [5.41, 5.74) is 3.46. The number of ether oxygens (including phenoxy) is 1. The van der Waals surface area contributed by atoms with Crippen molar-refractivity contribution in [3.63, 3.8) is 0 Å². The normalized spacial score (nSPS) is 11.8. The van der Waals surface area contributed by atoms with Crippen LogP contribution in [0.5, 0.6) is 5.75 Å². The molecule has 1 unspecified atom stereocenters. The maximum atomic E-state index is 13.8. The predicted molar refractivity (Wildman–Crippen MR) is 87.5 cm³/mol. The molecule has 0 aliphatic heterocycles. The number of aromatic nitrogens is 1. The number of aryl methyl sites for hydroxylation is 1. The lowest BCUT2D eigenvalue weighted by Crippen LogP contribution is -2.33. The summed E-state index contributed by atoms with van der Waals surface area (Å²) in [5, 5.41) is 9.15. The molecule has 2 rings (SSSR count). The van der Waals surface area contributed by atoms with Gasteiger partial charge in [-0.2, -0.15) is 0 Å². The Morgan fingerprint density at radius 3 is 2.75 bits per heavy atom. The second kappa shape index (κ2) is 7.16. The molecule has 6 nitrogen and oxygen atoms in total. The minimum absolute atomic E-state index is 0.0485. The fraction of sp³-hybridized carbons (Fsp3) is 0.294. The van der Waals surface area contributed by atoms with E-state index in [1.165, 1.54) is 43.1 Å². The van der Waals surface area contributed by atoms with E-state index in [9.17, 15) is 14.0 Å². The van der Waals surface area contributed by atoms with Crippen LogP contribution in [0, 0.1) is 12.7 Å². The van der Waals surface area contributed by atoms with Gasteiger partial charge in [0.1, 0.15) is 11.6 Å². The third-order valence-electron chi connectivity index (χ3n) is 3.84. The van der Waals surface area contributed by atoms with Crippen molar-refractivity contribution in [3.8, 4) is 5.75 Å². The molecule has 0 aliphatic rings. The summed E-state index contributed by atoms with van der Waals surface area (Å²) in [6.07, 6.45) is 1.49. The van der Waals surface area contributed by atoms with Crippen LogP contribution in [-0.2, 0) is 11.3 Å². The number of nitrogens with zero attached hydrogens (tertiary/aromatic N) is 1. The molecule has 128 valence electrons. The highest BCUT2D eigenvalue weighted by Gasteiger charge is 2.20. The smallest absolute Gasteiger partial charge is 0.310 e. The first-order valence-corrected chi connectivity index (χ1v) is 7.36. The molecule has 2 N–H and O–H groups in total. The largest absolute Gasteiger partial charge is 0.497 e. The third-order valence-corrected chi connectivity index (χ3v) is 3.84. The van der Waals surface area contributed by atoms with E-state index in [1.54, 1.807) is 13.0 Å². The molecule has 24 heavy (non-hydrogen) atoms. The van der Waals surface area contributed by atoms with E-state index in [0.29, 0.717) is 16.9 Å². The van der Waals surface area contributed by atoms with Crippen molar-refractivity contribution in [1.82, 2.24) is 4.68 Å². The number of halogens is 1. The number of rotatable bonds is 6. The lowest BCUT2D eigenvalue weighted by molar-refractivity contribution is -0.138. The molecule has 1 atom stereocenters. The zero-order chi connectivity index (χ0) is 17.9. The van der Waals surface area contributed by atoms with E-state index < -0.39 is 23.3 Å². The van der Waals surface area contributed by atoms with Crippen molar-refractivity contribution >= 4 is 5.97 Å². The Labute approximate surface area is 138 Å². The number of carboxylic acids is 1. The highest BCUT2D eigenvalue weighted by Crippen LogP contribution is 2.17. The van der Waals surface area contributed by atoms with Crippen LogP contribution in [0.4, 0.5) is 4.39 Å². The van der Waals surface area contributed by atoms with Gasteiger partial charge in [0.15, 0.2) is 0 Å². The van der Waals surface area contributed by atoms with Crippen molar-refractivity contribution in [1.29, 1.82) is 0 Å². The molecule has 1 aromatic heterocycles. The van der Waals surface area contributed by atoms with Gasteiger partial charge in [-0.25, -0.2) is 9.07 Å². The number of aliphatic carboxylic acids is 1. The molecule has 1 aromatic carbocycles. The second-order valence-electron chi connectivity index (χ2n) is 5.44. The molecule has 1 heterocycles. The second-order valence-corrected chi connectivity index (χ2v) is 5.44. The summed E-state index contributed by atoms with van der Waals surface area (Å²) in [6.45, 7) is 3.19. The van der Waals surface area contributed by atoms with Gasteiger partial charge in [-0.05, 0) is 43.7 Å². The Morgan fingerprint density at radius 2 is 2.12 bits per heavy atom. The van der Waals surface area contributed by atoms with Crippen molar-refractivity contribution < 1.29 is 19.0 Å². The maximum absolute atomic E-state index is 13.8. The first-order chi connectivity index (χ1) is 11.3. The van der Waals surface area contributed by atoms with E-state index in [2.05, 4.69) is 5.43 Å². The monoisotopic (exact) mass is 334 g/mol. The third kappa shape index (κ3) is 3.56. The van der Waals surface area contributed by atoms with E-state index in [-0.39, 0.29) is 12.1 Å². The van der Waals surface area contributed by atoms with E-state index >= 15 is 0 Å². The van der Waals surface area contributed by atoms with Crippen LogP contribution in [0.2, 0.25) is 0 Å². The number of carbonyl (C=O) groups is 1. The molecule has 0 bridgehead atoms. The molecule has 0 fully saturated rings. The molecular formula is C17H19FN2O4. The fourth-order valence-corrected chi connectivity index (χ4v) is 2.40. The quantitative estimate of drug-likeness (QED) is 0.847. The number of hydrogen-bond donors (Lipinski definition) is 2. The van der Waals surface area contributed by atoms with Gasteiger partial charge in [0, 0.05) is 17.3 Å². The predicted octanol–water partition coefficient (Wildman–Crippen LogP) is 2.24. The highest BCUT2D eigenvalue weighted by atomic mass is 19.1. The van der Waals surface area contributed by atoms with Crippen LogP contribution in [-0.4, -0.2) is 22.9 Å². The average Bonchev–Trinajstić information content (AvgIpc) is 2.55. The van der Waals surface area contributed by atoms with Crippen LogP contribution in [0.25, 0.3) is 0 Å². The average molecular weight is 334 g/mol. The molecule has 0 amide bonds. The van der Waals surface area contributed by atoms with E-state index in [0.717, 1.165) is 0 Å². The lowest BCUT2D eigenvalue weighted by Gasteiger charge is -2.15. The number of benzene rings is 1. The summed E-state index contributed by atoms with van der Waals surface area (Å²) >= 11 is 0. The van der Waals surface area contributed by atoms with Crippen molar-refractivity contribution in [3.05, 3.63) is 63.3 Å². The van der Waals surface area contributed by atoms with E-state index in [4.69, 9.17) is 9.84 Å². The zero-order valence-electron chi connectivity index (χ0n) is 13.7. The molecule has 0 spiro atoms. The van der Waals surface area contributed by atoms with Crippen LogP contribution in [0.15, 0.2) is 35.3 Å². The van der Waals surface area contributed by atoms with Gasteiger partial charge < -0.3 is 15.3 Å². The molecule has 2 aromatic rings. The Morgan fingerprint density at radius 1 is 1.42 bits per heavy atom. The van der Waals surface area contributed by atoms with Gasteiger partial charge in [0.2, 0.25) is 0 Å². The standard InChI is InChI=1S/C17H19FN2O4/c1-10-6-7-20(16(21)15(10)11(2)17(22)23)19-9-12-8-13(24-3)4-5-14(12)18/h4-8,11,19H,9H2,1-3H3,(H,22,23). The van der Waals surface area contributed by atoms with Gasteiger partial charge in [0.05, 0.1) is 19.6 Å². The molecular weight excluding hydrogens is 315 g/mol. The topological polar surface area (TPSA) is 80.6 Å². The number of hydrogen-bond acceptors (Lipinski definition) is 4. The molecule has 0 aliphatic carbocycles. The van der Waals surface area contributed by atoms with E-state index in [1.807, 2.05) is 0 Å². The Hall–Kier alpha value is -2.83. The first kappa shape index (κ1) is 17.5. The molecule has 0 radical (unpaired) electrons. The number of nitrogens with one attached hydrogen (secondary N) is 1. The molecule has 0 saturated heterocycles. The summed E-state index contributed by atoms with van der Waals surface area (Å²) in [5.74, 6) is -1.93. The summed E-state index contributed by atoms with van der Waals surface area (Å²) in [4.78, 5) is 23.7. The zero-order valence-corrected chi connectivity index (χ0v) is 13.7. The molecule has 0 saturated carbocycles. The van der Waals surface area contributed by atoms with Crippen LogP contribution in [0.3, 0.4) is 0 Å². The summed E-state index contributed by atoms with van der Waals surface area (Å²) in [7, 11) is 1.48. The maximum Gasteiger partial charge on any atom is 0.310 e. The van der Waals surface area contributed by atoms with Crippen molar-refractivity contribution in [2.24, 2.45) is 0 Å². The lowest BCUT2D eigenvalue weighted by atomic mass is 9.99. The van der Waals surface area contributed by atoms with Crippen LogP contribution < -0.4 is 15.7 Å². The number of carboxylic acid groups (broad SMARTS) is 1. The first-order valence-electron chi connectivity index (χ1n) is 7.36. The summed E-state index contributed by atoms with van der Waals surface area (Å²) < 4.78 is 20.0. The van der Waals surface area contributed by atoms with Gasteiger partial charge in [-0.1, -0.05) is 0 Å². The Balaban J connectivity index is 2.30. The van der Waals surface area contributed by atoms with Crippen LogP contribution in [0.1, 0.15) is 29.5 Å². The number of methoxy groups -OCH3 is 1. The highest BCUT2D eigenvalue weighted by molar-refractivity contribution is 5.75. The van der Waals surface area contributed by atoms with Crippen LogP contribution >= 0.6 is 0 Å². The van der Waals surface area contributed by atoms with Gasteiger partial charge >= 0.3 is 5.97 Å². The number of pyridine rings is 1. The molecule has 7 heteroatoms. The van der Waals surface area contributed by atoms with Crippen molar-refractivity contribution in [2.45, 2.75) is 26.3 Å². The Bertz CT molecular complexity index is 817. The van der Waals surface area contributed by atoms with Crippen molar-refractivity contribution in [2.75, 3.05) is 12.5 Å². The van der Waals surface area contributed by atoms with Gasteiger partial charge in [-0.3, -0.25) is 9.59 Å². The fourth-order valence-electron chi connectivity index (χ4n) is 2.40.